The molecule has 10 nitrogen and oxygen atoms in total. The Kier molecular flexibility index (Phi) is 8.99. The van der Waals surface area contributed by atoms with Gasteiger partial charge in [0.05, 0.1) is 26.1 Å². The molecule has 0 fully saturated rings. The van der Waals surface area contributed by atoms with Gasteiger partial charge >= 0.3 is 11.8 Å². The minimum Gasteiger partial charge on any atom is -0.495 e. The molecule has 0 aliphatic carbocycles. The molecule has 3 amide bonds. The first-order valence-electron chi connectivity index (χ1n) is 10.8. The molecule has 0 heterocycles. The van der Waals surface area contributed by atoms with E-state index < -0.39 is 11.8 Å². The Labute approximate surface area is 208 Å². The fourth-order valence-electron chi connectivity index (χ4n) is 3.00. The van der Waals surface area contributed by atoms with Crippen LogP contribution in [0.3, 0.4) is 0 Å². The number of carbonyl (C=O) groups excluding carboxylic acids is 3. The first-order chi connectivity index (χ1) is 17.4. The first kappa shape index (κ1) is 25.8. The summed E-state index contributed by atoms with van der Waals surface area (Å²) in [6.07, 6.45) is 1.34. The molecule has 3 rings (SSSR count). The molecule has 0 aliphatic heterocycles. The molecule has 0 radical (unpaired) electrons. The average molecular weight is 491 g/mol. The highest BCUT2D eigenvalue weighted by molar-refractivity contribution is 6.39. The highest BCUT2D eigenvalue weighted by Crippen LogP contribution is 2.27. The number of hydrazone groups is 1. The molecule has 0 unspecified atom stereocenters. The van der Waals surface area contributed by atoms with E-state index in [1.54, 1.807) is 42.5 Å². The number of amides is 3. The third kappa shape index (κ3) is 7.32. The van der Waals surface area contributed by atoms with Gasteiger partial charge in [0.15, 0.2) is 18.1 Å². The van der Waals surface area contributed by atoms with E-state index in [0.717, 1.165) is 5.56 Å². The topological polar surface area (TPSA) is 127 Å². The monoisotopic (exact) mass is 490 g/mol. The fourth-order valence-corrected chi connectivity index (χ4v) is 3.00. The summed E-state index contributed by atoms with van der Waals surface area (Å²) in [7, 11) is 2.92. The summed E-state index contributed by atoms with van der Waals surface area (Å²) in [5.41, 5.74) is 4.85. The zero-order valence-corrected chi connectivity index (χ0v) is 20.0. The molecular weight excluding hydrogens is 464 g/mol. The molecule has 0 aromatic heterocycles. The van der Waals surface area contributed by atoms with Crippen molar-refractivity contribution in [3.8, 4) is 17.2 Å². The quantitative estimate of drug-likeness (QED) is 0.240. The minimum atomic E-state index is -0.955. The Bertz CT molecular complexity index is 1260. The Balaban J connectivity index is 1.53. The maximum Gasteiger partial charge on any atom is 0.329 e. The van der Waals surface area contributed by atoms with Gasteiger partial charge in [0.1, 0.15) is 5.75 Å². The maximum atomic E-state index is 12.2. The van der Waals surface area contributed by atoms with Crippen LogP contribution in [-0.4, -0.2) is 44.8 Å². The van der Waals surface area contributed by atoms with Crippen LogP contribution < -0.4 is 30.3 Å². The van der Waals surface area contributed by atoms with Crippen LogP contribution in [0.15, 0.2) is 71.8 Å². The number of hydrogen-bond acceptors (Lipinski definition) is 7. The number of aryl methyl sites for hydroxylation is 1. The molecule has 0 bridgehead atoms. The summed E-state index contributed by atoms with van der Waals surface area (Å²) >= 11 is 0. The summed E-state index contributed by atoms with van der Waals surface area (Å²) in [4.78, 5) is 36.3. The molecule has 0 atom stereocenters. The van der Waals surface area contributed by atoms with Crippen molar-refractivity contribution in [2.75, 3.05) is 31.5 Å². The van der Waals surface area contributed by atoms with E-state index >= 15 is 0 Å². The van der Waals surface area contributed by atoms with E-state index in [1.807, 2.05) is 31.2 Å². The minimum absolute atomic E-state index is 0.213. The summed E-state index contributed by atoms with van der Waals surface area (Å²) in [6, 6.07) is 19.0. The van der Waals surface area contributed by atoms with Gasteiger partial charge in [-0.05, 0) is 55.0 Å². The lowest BCUT2D eigenvalue weighted by Crippen LogP contribution is -2.32. The number of ether oxygens (including phenoxy) is 3. The lowest BCUT2D eigenvalue weighted by molar-refractivity contribution is -0.136. The second-order valence-electron chi connectivity index (χ2n) is 7.47. The number of hydrogen-bond donors (Lipinski definition) is 3. The number of nitrogens with one attached hydrogen (secondary N) is 3. The summed E-state index contributed by atoms with van der Waals surface area (Å²) in [5, 5.41) is 9.01. The SMILES string of the molecule is COc1ccccc1NC(=O)C(=O)N/N=C\c1ccc(OCC(=O)Nc2ccc(C)cc2)c(OC)c1. The first-order valence-corrected chi connectivity index (χ1v) is 10.8. The third-order valence-corrected chi connectivity index (χ3v) is 4.82. The average Bonchev–Trinajstić information content (AvgIpc) is 2.89. The molecule has 10 heteroatoms. The Morgan fingerprint density at radius 3 is 2.28 bits per heavy atom. The number of rotatable bonds is 9. The van der Waals surface area contributed by atoms with Gasteiger partial charge in [0.25, 0.3) is 5.91 Å². The van der Waals surface area contributed by atoms with Gasteiger partial charge in [-0.25, -0.2) is 5.43 Å². The van der Waals surface area contributed by atoms with Gasteiger partial charge in [-0.1, -0.05) is 29.8 Å². The van der Waals surface area contributed by atoms with Crippen molar-refractivity contribution >= 4 is 35.3 Å². The van der Waals surface area contributed by atoms with Gasteiger partial charge in [-0.15, -0.1) is 0 Å². The number of nitrogens with zero attached hydrogens (tertiary/aromatic N) is 1. The van der Waals surface area contributed by atoms with Gasteiger partial charge in [0, 0.05) is 5.69 Å². The van der Waals surface area contributed by atoms with Crippen LogP contribution >= 0.6 is 0 Å². The van der Waals surface area contributed by atoms with Crippen LogP contribution in [0, 0.1) is 6.92 Å². The highest BCUT2D eigenvalue weighted by Gasteiger charge is 2.15. The highest BCUT2D eigenvalue weighted by atomic mass is 16.5. The third-order valence-electron chi connectivity index (χ3n) is 4.82. The molecule has 3 aromatic carbocycles. The van der Waals surface area contributed by atoms with Crippen LogP contribution in [-0.2, 0) is 14.4 Å². The number of benzene rings is 3. The van der Waals surface area contributed by atoms with Crippen LogP contribution in [0.25, 0.3) is 0 Å². The van der Waals surface area contributed by atoms with E-state index in [1.165, 1.54) is 20.4 Å². The summed E-state index contributed by atoms with van der Waals surface area (Å²) in [6.45, 7) is 1.75. The molecule has 0 saturated carbocycles. The molecule has 36 heavy (non-hydrogen) atoms. The van der Waals surface area contributed by atoms with Crippen molar-refractivity contribution in [1.29, 1.82) is 0 Å². The van der Waals surface area contributed by atoms with E-state index in [0.29, 0.717) is 34.2 Å². The van der Waals surface area contributed by atoms with Crippen LogP contribution in [0.5, 0.6) is 17.2 Å². The standard InChI is InChI=1S/C26H26N4O6/c1-17-8-11-19(12-9-17)28-24(31)16-36-22-13-10-18(14-23(22)35-3)15-27-30-26(33)25(32)29-20-6-4-5-7-21(20)34-2/h4-15H,16H2,1-3H3,(H,28,31)(H,29,32)(H,30,33)/b27-15-. The zero-order valence-electron chi connectivity index (χ0n) is 20.0. The predicted octanol–water partition coefficient (Wildman–Crippen LogP) is 3.12. The molecule has 0 aliphatic rings. The molecular formula is C26H26N4O6. The Morgan fingerprint density at radius 1 is 0.833 bits per heavy atom. The number of para-hydroxylation sites is 2. The Hall–Kier alpha value is -4.86. The predicted molar refractivity (Wildman–Crippen MR) is 136 cm³/mol. The van der Waals surface area contributed by atoms with Crippen molar-refractivity contribution < 1.29 is 28.6 Å². The summed E-state index contributed by atoms with van der Waals surface area (Å²) < 4.78 is 16.0. The molecule has 0 spiro atoms. The van der Waals surface area contributed by atoms with Crippen LogP contribution in [0.2, 0.25) is 0 Å². The molecule has 3 aromatic rings. The van der Waals surface area contributed by atoms with Crippen LogP contribution in [0.4, 0.5) is 11.4 Å². The number of carbonyl (C=O) groups is 3. The van der Waals surface area contributed by atoms with Crippen molar-refractivity contribution in [3.63, 3.8) is 0 Å². The van der Waals surface area contributed by atoms with Crippen molar-refractivity contribution in [1.82, 2.24) is 5.43 Å². The van der Waals surface area contributed by atoms with E-state index in [2.05, 4.69) is 21.2 Å². The van der Waals surface area contributed by atoms with E-state index in [4.69, 9.17) is 14.2 Å². The van der Waals surface area contributed by atoms with Crippen molar-refractivity contribution in [3.05, 3.63) is 77.9 Å². The van der Waals surface area contributed by atoms with Crippen molar-refractivity contribution in [2.45, 2.75) is 6.92 Å². The largest absolute Gasteiger partial charge is 0.495 e. The lowest BCUT2D eigenvalue weighted by atomic mass is 10.2. The van der Waals surface area contributed by atoms with E-state index in [9.17, 15) is 14.4 Å². The maximum absolute atomic E-state index is 12.2. The Morgan fingerprint density at radius 2 is 1.56 bits per heavy atom. The molecule has 0 saturated heterocycles. The molecule has 186 valence electrons. The van der Waals surface area contributed by atoms with Gasteiger partial charge in [0.2, 0.25) is 0 Å². The fraction of sp³-hybridized carbons (Fsp3) is 0.154. The second-order valence-corrected chi connectivity index (χ2v) is 7.47. The van der Waals surface area contributed by atoms with Gasteiger partial charge in [-0.3, -0.25) is 14.4 Å². The van der Waals surface area contributed by atoms with Gasteiger partial charge in [-0.2, -0.15) is 5.10 Å². The van der Waals surface area contributed by atoms with Crippen LogP contribution in [0.1, 0.15) is 11.1 Å². The van der Waals surface area contributed by atoms with Crippen molar-refractivity contribution in [2.24, 2.45) is 5.10 Å². The normalized spacial score (nSPS) is 10.4. The lowest BCUT2D eigenvalue weighted by Gasteiger charge is -2.11. The number of anilines is 2. The second kappa shape index (κ2) is 12.6. The smallest absolute Gasteiger partial charge is 0.329 e. The van der Waals surface area contributed by atoms with E-state index in [-0.39, 0.29) is 12.5 Å². The van der Waals surface area contributed by atoms with Gasteiger partial charge < -0.3 is 24.8 Å². The molecule has 3 N–H and O–H groups in total. The zero-order chi connectivity index (χ0) is 25.9. The summed E-state index contributed by atoms with van der Waals surface area (Å²) in [5.74, 6) is -1.04. The number of methoxy groups -OCH3 is 2.